The molecule has 0 N–H and O–H groups in total. The van der Waals surface area contributed by atoms with Crippen molar-refractivity contribution in [2.45, 2.75) is 0 Å². The van der Waals surface area contributed by atoms with Gasteiger partial charge >= 0.3 is 38.9 Å². The van der Waals surface area contributed by atoms with Crippen LogP contribution in [0.5, 0.6) is 0 Å². The first-order valence-corrected chi connectivity index (χ1v) is 0.866. The molecule has 0 atom stereocenters. The Balaban J connectivity index is -0.00000000500. The molecule has 4 heavy (non-hydrogen) atoms. The molecule has 18 valence electrons. The molecule has 0 rings (SSSR count). The van der Waals surface area contributed by atoms with E-state index in [-0.39, 0.29) is 23.6 Å². The summed E-state index contributed by atoms with van der Waals surface area (Å²) in [6, 6.07) is 0. The summed E-state index contributed by atoms with van der Waals surface area (Å²) in [5, 5.41) is 0. The Hall–Kier alpha value is 0.860. The molecule has 0 amide bonds. The van der Waals surface area contributed by atoms with Crippen molar-refractivity contribution >= 4 is 16.2 Å². The molecule has 0 saturated heterocycles. The molecule has 0 bridgehead atoms. The fraction of sp³-hybridized carbons (Fsp3) is 0. The van der Waals surface area contributed by atoms with Crippen LogP contribution in [0.15, 0.2) is 0 Å². The van der Waals surface area contributed by atoms with Crippen LogP contribution in [0.1, 0.15) is 0 Å². The van der Waals surface area contributed by atoms with E-state index in [1.807, 2.05) is 0 Å². The quantitative estimate of drug-likeness (QED) is 0.259. The maximum absolute atomic E-state index is 8.28. The first-order valence-electron chi connectivity index (χ1n) is 0.289. The predicted molar refractivity (Wildman–Crippen MR) is 7.84 cm³/mol. The van der Waals surface area contributed by atoms with Crippen LogP contribution < -0.4 is 23.6 Å². The summed E-state index contributed by atoms with van der Waals surface area (Å²) in [5.74, 6) is 0. The van der Waals surface area contributed by atoms with Crippen LogP contribution in [-0.2, 0) is 3.80 Å². The second kappa shape index (κ2) is 42.7. The van der Waals surface area contributed by atoms with Gasteiger partial charge in [-0.1, -0.05) is 0 Å². The van der Waals surface area contributed by atoms with Crippen LogP contribution in [0.3, 0.4) is 0 Å². The molecule has 0 heterocycles. The van der Waals surface area contributed by atoms with Crippen molar-refractivity contribution in [2.24, 2.45) is 0 Å². The van der Waals surface area contributed by atoms with Crippen molar-refractivity contribution in [3.8, 4) is 0 Å². The van der Waals surface area contributed by atoms with Crippen molar-refractivity contribution in [2.75, 3.05) is 0 Å². The average Bonchev–Trinajstić information content (AvgIpc) is 1.00. The molecule has 0 aliphatic rings. The molecule has 0 aliphatic heterocycles. The first-order chi connectivity index (χ1) is 1.00. The molecule has 0 aromatic carbocycles. The van der Waals surface area contributed by atoms with E-state index >= 15 is 0 Å². The van der Waals surface area contributed by atoms with E-state index in [0.29, 0.717) is 16.2 Å². The Morgan fingerprint density at radius 1 is 1.25 bits per heavy atom. The number of rotatable bonds is 0. The number of hydrogen-bond acceptors (Lipinski definition) is 1. The zero-order valence-electron chi connectivity index (χ0n) is 2.49. The minimum atomic E-state index is 0. The van der Waals surface area contributed by atoms with Crippen molar-refractivity contribution in [3.05, 3.63) is 0 Å². The molecule has 0 saturated carbocycles. The fourth-order valence-electron chi connectivity index (χ4n) is 0. The summed E-state index contributed by atoms with van der Waals surface area (Å²) < 4.78 is 8.28. The Labute approximate surface area is 43.9 Å². The van der Waals surface area contributed by atoms with Crippen LogP contribution in [0.2, 0.25) is 0 Å². The van der Waals surface area contributed by atoms with Crippen LogP contribution in [0, 0.1) is 0 Å². The second-order valence-electron chi connectivity index (χ2n) is 0. The number of hydrogen-bond donors (Lipinski definition) is 0. The standard InChI is InChI=1S/Al.FH.Li.O.H/h;1H;;;/q;;+1;;/p-1. The Morgan fingerprint density at radius 2 is 1.25 bits per heavy atom. The van der Waals surface area contributed by atoms with Gasteiger partial charge in [0, 0.05) is 0 Å². The molecule has 0 fully saturated rings. The molecule has 0 radical (unpaired) electrons. The fourth-order valence-corrected chi connectivity index (χ4v) is 0. The van der Waals surface area contributed by atoms with Crippen molar-refractivity contribution < 1.29 is 27.4 Å². The van der Waals surface area contributed by atoms with Crippen LogP contribution in [0.4, 0.5) is 0 Å². The van der Waals surface area contributed by atoms with E-state index in [1.165, 1.54) is 0 Å². The van der Waals surface area contributed by atoms with Gasteiger partial charge in [-0.15, -0.1) is 0 Å². The van der Waals surface area contributed by atoms with Gasteiger partial charge < -0.3 is 4.70 Å². The predicted octanol–water partition coefficient (Wildman–Crippen LogP) is -6.76. The van der Waals surface area contributed by atoms with Gasteiger partial charge in [0.25, 0.3) is 0 Å². The van der Waals surface area contributed by atoms with Gasteiger partial charge in [0.15, 0.2) is 0 Å². The zero-order chi connectivity index (χ0) is 2.00. The molecule has 0 aliphatic carbocycles. The van der Waals surface area contributed by atoms with Crippen LogP contribution in [-0.4, -0.2) is 16.2 Å². The van der Waals surface area contributed by atoms with Gasteiger partial charge in [-0.25, -0.2) is 0 Å². The Bertz CT molecular complexity index is 8.00. The molecular formula is HAlFLiO. The van der Waals surface area contributed by atoms with E-state index in [9.17, 15) is 0 Å². The normalized spacial score (nSPS) is 0.750. The summed E-state index contributed by atoms with van der Waals surface area (Å²) in [6.07, 6.45) is 0. The van der Waals surface area contributed by atoms with Crippen molar-refractivity contribution in [3.63, 3.8) is 0 Å². The van der Waals surface area contributed by atoms with Gasteiger partial charge in [0.05, 0.1) is 0 Å². The van der Waals surface area contributed by atoms with Gasteiger partial charge in [-0.05, 0) is 0 Å². The van der Waals surface area contributed by atoms with Gasteiger partial charge in [-0.2, -0.15) is 0 Å². The van der Waals surface area contributed by atoms with E-state index in [0.717, 1.165) is 0 Å². The zero-order valence-corrected chi connectivity index (χ0v) is 3.91. The van der Waals surface area contributed by atoms with Crippen LogP contribution >= 0.6 is 0 Å². The molecule has 1 nitrogen and oxygen atoms in total. The Morgan fingerprint density at radius 3 is 1.25 bits per heavy atom. The Kier molecular flexibility index (Phi) is 223. The van der Waals surface area contributed by atoms with E-state index < -0.39 is 0 Å². The summed E-state index contributed by atoms with van der Waals surface area (Å²) in [4.78, 5) is 0. The SMILES string of the molecule is [F-].[Li+].[O]=[AlH]. The summed E-state index contributed by atoms with van der Waals surface area (Å²) in [7, 11) is 0. The summed E-state index contributed by atoms with van der Waals surface area (Å²) in [6.45, 7) is 0. The topological polar surface area (TPSA) is 17.1 Å². The number of halogens is 1. The molecule has 0 aromatic heterocycles. The minimum absolute atomic E-state index is 0. The third-order valence-corrected chi connectivity index (χ3v) is 0. The average molecular weight is 69.9 g/mol. The van der Waals surface area contributed by atoms with Crippen LogP contribution in [0.25, 0.3) is 0 Å². The van der Waals surface area contributed by atoms with Crippen molar-refractivity contribution in [1.82, 2.24) is 0 Å². The summed E-state index contributed by atoms with van der Waals surface area (Å²) >= 11 is 0.611. The van der Waals surface area contributed by atoms with Gasteiger partial charge in [-0.3, -0.25) is 0 Å². The molecule has 0 unspecified atom stereocenters. The van der Waals surface area contributed by atoms with E-state index in [2.05, 4.69) is 0 Å². The second-order valence-corrected chi connectivity index (χ2v) is 0. The maximum atomic E-state index is 8.28. The van der Waals surface area contributed by atoms with E-state index in [1.54, 1.807) is 0 Å². The molecule has 0 spiro atoms. The van der Waals surface area contributed by atoms with Crippen molar-refractivity contribution in [1.29, 1.82) is 0 Å². The summed E-state index contributed by atoms with van der Waals surface area (Å²) in [5.41, 5.74) is 0. The molecular weight excluding hydrogens is 68.9 g/mol. The monoisotopic (exact) mass is 70.0 g/mol. The first kappa shape index (κ1) is 20.9. The van der Waals surface area contributed by atoms with Gasteiger partial charge in [0.2, 0.25) is 0 Å². The van der Waals surface area contributed by atoms with E-state index in [4.69, 9.17) is 3.80 Å². The third kappa shape index (κ3) is 13.4. The van der Waals surface area contributed by atoms with Gasteiger partial charge in [0.1, 0.15) is 0 Å². The molecule has 4 heteroatoms. The third-order valence-electron chi connectivity index (χ3n) is 0. The molecule has 0 aromatic rings.